The molecule has 0 spiro atoms. The number of carbonyl (C=O) groups excluding carboxylic acids is 1. The molecule has 25 heavy (non-hydrogen) atoms. The Kier molecular flexibility index (Phi) is 4.48. The first-order valence-corrected chi connectivity index (χ1v) is 10.2. The molecule has 0 bridgehead atoms. The molecule has 0 unspecified atom stereocenters. The van der Waals surface area contributed by atoms with Gasteiger partial charge in [0.1, 0.15) is 5.01 Å². The summed E-state index contributed by atoms with van der Waals surface area (Å²) in [6.07, 6.45) is 0. The molecule has 0 aliphatic carbocycles. The van der Waals surface area contributed by atoms with Gasteiger partial charge >= 0.3 is 0 Å². The standard InChI is InChI=1S/C17H14N4OS3/c1-10-15(25-17(19-10)14-5-3-7-24-14)9-18-16(22)12-8-11(20-21-12)13-4-2-6-23-13/h2-8H,9H2,1H3,(H,18,22)(H,20,21). The Labute approximate surface area is 156 Å². The number of nitrogens with zero attached hydrogens (tertiary/aromatic N) is 2. The Morgan fingerprint density at radius 1 is 1.20 bits per heavy atom. The van der Waals surface area contributed by atoms with E-state index in [0.717, 1.165) is 31.0 Å². The normalized spacial score (nSPS) is 10.9. The fourth-order valence-corrected chi connectivity index (χ4v) is 4.84. The van der Waals surface area contributed by atoms with Gasteiger partial charge in [0.15, 0.2) is 5.69 Å². The van der Waals surface area contributed by atoms with Gasteiger partial charge < -0.3 is 5.32 Å². The summed E-state index contributed by atoms with van der Waals surface area (Å²) in [7, 11) is 0. The van der Waals surface area contributed by atoms with Gasteiger partial charge in [-0.15, -0.1) is 34.0 Å². The minimum atomic E-state index is -0.190. The topological polar surface area (TPSA) is 70.7 Å². The molecule has 4 aromatic rings. The van der Waals surface area contributed by atoms with Crippen molar-refractivity contribution in [1.82, 2.24) is 20.5 Å². The predicted octanol–water partition coefficient (Wildman–Crippen LogP) is 4.56. The Balaban J connectivity index is 1.44. The number of rotatable bonds is 5. The molecule has 5 nitrogen and oxygen atoms in total. The van der Waals surface area contributed by atoms with E-state index in [0.29, 0.717) is 12.2 Å². The number of aromatic amines is 1. The van der Waals surface area contributed by atoms with E-state index < -0.39 is 0 Å². The second kappa shape index (κ2) is 6.91. The molecule has 4 aromatic heterocycles. The van der Waals surface area contributed by atoms with Crippen molar-refractivity contribution >= 4 is 39.9 Å². The Hall–Kier alpha value is -2.29. The van der Waals surface area contributed by atoms with Crippen LogP contribution < -0.4 is 5.32 Å². The van der Waals surface area contributed by atoms with Gasteiger partial charge in [-0.3, -0.25) is 9.89 Å². The third kappa shape index (κ3) is 3.41. The molecular formula is C17H14N4OS3. The zero-order chi connectivity index (χ0) is 17.2. The molecule has 0 aromatic carbocycles. The van der Waals surface area contributed by atoms with E-state index in [-0.39, 0.29) is 5.91 Å². The lowest BCUT2D eigenvalue weighted by Gasteiger charge is -2.01. The first kappa shape index (κ1) is 16.2. The number of aryl methyl sites for hydroxylation is 1. The summed E-state index contributed by atoms with van der Waals surface area (Å²) in [5.74, 6) is -0.190. The predicted molar refractivity (Wildman–Crippen MR) is 103 cm³/mol. The molecule has 0 atom stereocenters. The molecule has 0 saturated heterocycles. The number of aromatic nitrogens is 3. The van der Waals surface area contributed by atoms with E-state index >= 15 is 0 Å². The molecule has 2 N–H and O–H groups in total. The van der Waals surface area contributed by atoms with Crippen molar-refractivity contribution in [2.24, 2.45) is 0 Å². The van der Waals surface area contributed by atoms with Crippen molar-refractivity contribution in [2.45, 2.75) is 13.5 Å². The van der Waals surface area contributed by atoms with Gasteiger partial charge in [-0.2, -0.15) is 5.10 Å². The maximum Gasteiger partial charge on any atom is 0.272 e. The highest BCUT2D eigenvalue weighted by Gasteiger charge is 2.14. The van der Waals surface area contributed by atoms with Crippen LogP contribution in [0.4, 0.5) is 0 Å². The van der Waals surface area contributed by atoms with Crippen molar-refractivity contribution in [3.8, 4) is 20.5 Å². The van der Waals surface area contributed by atoms with Gasteiger partial charge in [0, 0.05) is 4.88 Å². The minimum absolute atomic E-state index is 0.190. The van der Waals surface area contributed by atoms with Crippen LogP contribution in [0.5, 0.6) is 0 Å². The second-order valence-corrected chi connectivity index (χ2v) is 8.31. The second-order valence-electron chi connectivity index (χ2n) is 5.33. The fourth-order valence-electron chi connectivity index (χ4n) is 2.34. The van der Waals surface area contributed by atoms with E-state index in [1.165, 1.54) is 0 Å². The molecule has 0 fully saturated rings. The number of H-pyrrole nitrogens is 1. The van der Waals surface area contributed by atoms with Gasteiger partial charge in [-0.25, -0.2) is 4.98 Å². The van der Waals surface area contributed by atoms with Gasteiger partial charge in [0.2, 0.25) is 0 Å². The molecule has 0 saturated carbocycles. The van der Waals surface area contributed by atoms with Crippen LogP contribution in [0.15, 0.2) is 41.1 Å². The summed E-state index contributed by atoms with van der Waals surface area (Å²) < 4.78 is 0. The molecule has 8 heteroatoms. The highest BCUT2D eigenvalue weighted by atomic mass is 32.1. The van der Waals surface area contributed by atoms with Crippen LogP contribution in [0, 0.1) is 6.92 Å². The van der Waals surface area contributed by atoms with E-state index in [9.17, 15) is 4.79 Å². The fraction of sp³-hybridized carbons (Fsp3) is 0.118. The van der Waals surface area contributed by atoms with Gasteiger partial charge in [0.05, 0.1) is 27.7 Å². The van der Waals surface area contributed by atoms with Crippen LogP contribution in [0.2, 0.25) is 0 Å². The number of thiophene rings is 2. The van der Waals surface area contributed by atoms with E-state index in [1.807, 2.05) is 35.9 Å². The zero-order valence-electron chi connectivity index (χ0n) is 13.3. The first-order chi connectivity index (χ1) is 12.2. The maximum absolute atomic E-state index is 12.3. The van der Waals surface area contributed by atoms with Crippen LogP contribution in [0.1, 0.15) is 21.1 Å². The summed E-state index contributed by atoms with van der Waals surface area (Å²) in [6.45, 7) is 2.42. The Morgan fingerprint density at radius 3 is 2.68 bits per heavy atom. The average molecular weight is 387 g/mol. The highest BCUT2D eigenvalue weighted by molar-refractivity contribution is 7.21. The van der Waals surface area contributed by atoms with E-state index in [4.69, 9.17) is 0 Å². The molecule has 0 aliphatic heterocycles. The Morgan fingerprint density at radius 2 is 1.96 bits per heavy atom. The molecular weight excluding hydrogens is 372 g/mol. The number of thiazole rings is 1. The number of hydrogen-bond donors (Lipinski definition) is 2. The van der Waals surface area contributed by atoms with Crippen LogP contribution in [0.3, 0.4) is 0 Å². The molecule has 4 rings (SSSR count). The van der Waals surface area contributed by atoms with Crippen LogP contribution >= 0.6 is 34.0 Å². The summed E-state index contributed by atoms with van der Waals surface area (Å²) in [6, 6.07) is 9.81. The summed E-state index contributed by atoms with van der Waals surface area (Å²) in [5.41, 5.74) is 2.20. The summed E-state index contributed by atoms with van der Waals surface area (Å²) in [5, 5.41) is 15.0. The third-order valence-corrected chi connectivity index (χ3v) is 6.73. The molecule has 0 aliphatic rings. The van der Waals surface area contributed by atoms with Crippen LogP contribution in [-0.4, -0.2) is 21.1 Å². The van der Waals surface area contributed by atoms with Crippen molar-refractivity contribution in [3.05, 3.63) is 57.4 Å². The van der Waals surface area contributed by atoms with Gasteiger partial charge in [-0.1, -0.05) is 12.1 Å². The maximum atomic E-state index is 12.3. The van der Waals surface area contributed by atoms with Crippen molar-refractivity contribution < 1.29 is 4.79 Å². The summed E-state index contributed by atoms with van der Waals surface area (Å²) in [4.78, 5) is 20.2. The lowest BCUT2D eigenvalue weighted by Crippen LogP contribution is -2.23. The third-order valence-electron chi connectivity index (χ3n) is 3.63. The quantitative estimate of drug-likeness (QED) is 0.528. The molecule has 126 valence electrons. The Bertz CT molecular complexity index is 983. The molecule has 4 heterocycles. The van der Waals surface area contributed by atoms with Crippen molar-refractivity contribution in [1.29, 1.82) is 0 Å². The number of nitrogens with one attached hydrogen (secondary N) is 2. The number of carbonyl (C=O) groups is 1. The number of amides is 1. The largest absolute Gasteiger partial charge is 0.346 e. The van der Waals surface area contributed by atoms with Crippen molar-refractivity contribution in [2.75, 3.05) is 0 Å². The van der Waals surface area contributed by atoms with Crippen molar-refractivity contribution in [3.63, 3.8) is 0 Å². The van der Waals surface area contributed by atoms with E-state index in [1.54, 1.807) is 40.1 Å². The smallest absolute Gasteiger partial charge is 0.272 e. The zero-order valence-corrected chi connectivity index (χ0v) is 15.7. The average Bonchev–Trinajstić information content (AvgIpc) is 3.39. The SMILES string of the molecule is Cc1nc(-c2cccs2)sc1CNC(=O)c1cc(-c2cccs2)[nH]n1. The van der Waals surface area contributed by atoms with Crippen LogP contribution in [-0.2, 0) is 6.54 Å². The molecule has 0 radical (unpaired) electrons. The summed E-state index contributed by atoms with van der Waals surface area (Å²) >= 11 is 4.89. The monoisotopic (exact) mass is 386 g/mol. The van der Waals surface area contributed by atoms with Gasteiger partial charge in [-0.05, 0) is 35.9 Å². The minimum Gasteiger partial charge on any atom is -0.346 e. The molecule has 1 amide bonds. The lowest BCUT2D eigenvalue weighted by molar-refractivity contribution is 0.0946. The lowest BCUT2D eigenvalue weighted by atomic mass is 10.3. The van der Waals surface area contributed by atoms with Gasteiger partial charge in [0.25, 0.3) is 5.91 Å². The number of hydrogen-bond acceptors (Lipinski definition) is 6. The van der Waals surface area contributed by atoms with E-state index in [2.05, 4.69) is 26.6 Å². The van der Waals surface area contributed by atoms with Crippen LogP contribution in [0.25, 0.3) is 20.5 Å². The highest BCUT2D eigenvalue weighted by Crippen LogP contribution is 2.31. The first-order valence-electron chi connectivity index (χ1n) is 7.58.